The quantitative estimate of drug-likeness (QED) is 0.813. The molecule has 1 amide bonds. The maximum Gasteiger partial charge on any atom is 0.341 e. The lowest BCUT2D eigenvalue weighted by Gasteiger charge is -2.21. The molecule has 2 N–H and O–H groups in total. The lowest BCUT2D eigenvalue weighted by Crippen LogP contribution is -2.31. The number of rotatable bonds is 2. The van der Waals surface area contributed by atoms with Crippen molar-refractivity contribution in [3.63, 3.8) is 0 Å². The number of carbonyl (C=O) groups excluding carboxylic acids is 1. The molecule has 1 atom stereocenters. The average Bonchev–Trinajstić information content (AvgIpc) is 3.07. The molecule has 19 heavy (non-hydrogen) atoms. The van der Waals surface area contributed by atoms with E-state index in [1.54, 1.807) is 4.90 Å². The van der Waals surface area contributed by atoms with E-state index in [2.05, 4.69) is 20.3 Å². The number of hydrogen-bond acceptors (Lipinski definition) is 5. The van der Waals surface area contributed by atoms with Gasteiger partial charge >= 0.3 is 5.69 Å². The van der Waals surface area contributed by atoms with Gasteiger partial charge < -0.3 is 9.42 Å². The summed E-state index contributed by atoms with van der Waals surface area (Å²) < 4.78 is 5.05. The third kappa shape index (κ3) is 2.05. The van der Waals surface area contributed by atoms with Gasteiger partial charge in [-0.25, -0.2) is 9.89 Å². The molecule has 1 unspecified atom stereocenters. The largest absolute Gasteiger partial charge is 0.361 e. The molecule has 0 bridgehead atoms. The summed E-state index contributed by atoms with van der Waals surface area (Å²) in [5, 5.41) is 9.81. The van der Waals surface area contributed by atoms with Crippen LogP contribution in [0.3, 0.4) is 0 Å². The van der Waals surface area contributed by atoms with Gasteiger partial charge in [-0.1, -0.05) is 5.16 Å². The number of carbonyl (C=O) groups is 1. The van der Waals surface area contributed by atoms with Gasteiger partial charge in [0.1, 0.15) is 11.5 Å². The van der Waals surface area contributed by atoms with Crippen molar-refractivity contribution in [1.29, 1.82) is 0 Å². The lowest BCUT2D eigenvalue weighted by molar-refractivity contribution is 0.0718. The van der Waals surface area contributed by atoms with Gasteiger partial charge in [0.15, 0.2) is 0 Å². The molecule has 0 spiro atoms. The Morgan fingerprint density at radius 3 is 3.05 bits per heavy atom. The molecular formula is C11H13N5O3. The van der Waals surface area contributed by atoms with Crippen LogP contribution in [-0.2, 0) is 0 Å². The fourth-order valence-electron chi connectivity index (χ4n) is 2.37. The molecule has 0 aliphatic carbocycles. The van der Waals surface area contributed by atoms with E-state index in [0.29, 0.717) is 12.3 Å². The van der Waals surface area contributed by atoms with Crippen molar-refractivity contribution in [2.75, 3.05) is 6.54 Å². The molecule has 0 aromatic carbocycles. The van der Waals surface area contributed by atoms with Gasteiger partial charge in [-0.05, 0) is 19.8 Å². The summed E-state index contributed by atoms with van der Waals surface area (Å²) in [4.78, 5) is 27.3. The number of nitrogens with one attached hydrogen (secondary N) is 2. The second-order valence-electron chi connectivity index (χ2n) is 4.55. The summed E-state index contributed by atoms with van der Waals surface area (Å²) >= 11 is 0. The second-order valence-corrected chi connectivity index (χ2v) is 4.55. The maximum atomic E-state index is 12.3. The van der Waals surface area contributed by atoms with Crippen LogP contribution in [-0.4, -0.2) is 37.7 Å². The first-order valence-corrected chi connectivity index (χ1v) is 6.04. The molecule has 8 heteroatoms. The van der Waals surface area contributed by atoms with Crippen LogP contribution < -0.4 is 5.69 Å². The van der Waals surface area contributed by atoms with Gasteiger partial charge in [-0.15, -0.1) is 5.10 Å². The summed E-state index contributed by atoms with van der Waals surface area (Å²) in [6, 6.07) is 1.70. The Hall–Kier alpha value is -2.38. The first-order chi connectivity index (χ1) is 9.15. The van der Waals surface area contributed by atoms with Gasteiger partial charge in [-0.2, -0.15) is 0 Å². The molecule has 1 saturated heterocycles. The van der Waals surface area contributed by atoms with Gasteiger partial charge in [0.25, 0.3) is 5.91 Å². The van der Waals surface area contributed by atoms with Crippen molar-refractivity contribution in [2.45, 2.75) is 25.8 Å². The summed E-state index contributed by atoms with van der Waals surface area (Å²) in [7, 11) is 0. The van der Waals surface area contributed by atoms with Crippen LogP contribution in [0, 0.1) is 6.92 Å². The molecule has 3 heterocycles. The molecule has 0 radical (unpaired) electrons. The van der Waals surface area contributed by atoms with E-state index in [1.807, 2.05) is 13.0 Å². The summed E-state index contributed by atoms with van der Waals surface area (Å²) in [5.74, 6) is 0.432. The first kappa shape index (κ1) is 11.7. The minimum absolute atomic E-state index is 0.0251. The molecule has 2 aromatic heterocycles. The molecule has 100 valence electrons. The van der Waals surface area contributed by atoms with Crippen LogP contribution >= 0.6 is 0 Å². The molecule has 1 aliphatic rings. The lowest BCUT2D eigenvalue weighted by atomic mass is 10.1. The van der Waals surface area contributed by atoms with E-state index >= 15 is 0 Å². The van der Waals surface area contributed by atoms with Gasteiger partial charge in [0.2, 0.25) is 5.82 Å². The predicted molar refractivity (Wildman–Crippen MR) is 63.5 cm³/mol. The molecule has 3 rings (SSSR count). The predicted octanol–water partition coefficient (Wildman–Crippen LogP) is 0.372. The second kappa shape index (κ2) is 4.38. The number of amides is 1. The van der Waals surface area contributed by atoms with E-state index in [-0.39, 0.29) is 17.8 Å². The highest BCUT2D eigenvalue weighted by molar-refractivity contribution is 5.90. The monoisotopic (exact) mass is 263 g/mol. The van der Waals surface area contributed by atoms with Gasteiger partial charge in [0, 0.05) is 12.6 Å². The minimum Gasteiger partial charge on any atom is -0.361 e. The Morgan fingerprint density at radius 2 is 2.42 bits per heavy atom. The summed E-state index contributed by atoms with van der Waals surface area (Å²) in [6.07, 6.45) is 1.71. The van der Waals surface area contributed by atoms with Crippen LogP contribution in [0.15, 0.2) is 15.4 Å². The SMILES string of the molecule is Cc1cc(C2CCCN2C(=O)c2n[nH]c(=O)[nH]2)no1. The van der Waals surface area contributed by atoms with E-state index in [0.717, 1.165) is 18.5 Å². The molecular weight excluding hydrogens is 250 g/mol. The Kier molecular flexibility index (Phi) is 2.69. The van der Waals surface area contributed by atoms with Crippen LogP contribution in [0.25, 0.3) is 0 Å². The fraction of sp³-hybridized carbons (Fsp3) is 0.455. The third-order valence-corrected chi connectivity index (χ3v) is 3.21. The zero-order chi connectivity index (χ0) is 13.4. The summed E-state index contributed by atoms with van der Waals surface area (Å²) in [5.41, 5.74) is 0.248. The third-order valence-electron chi connectivity index (χ3n) is 3.21. The zero-order valence-corrected chi connectivity index (χ0v) is 10.3. The van der Waals surface area contributed by atoms with E-state index in [9.17, 15) is 9.59 Å². The number of aromatic amines is 2. The van der Waals surface area contributed by atoms with Crippen molar-refractivity contribution in [1.82, 2.24) is 25.2 Å². The highest BCUT2D eigenvalue weighted by atomic mass is 16.5. The van der Waals surface area contributed by atoms with Crippen molar-refractivity contribution in [2.24, 2.45) is 0 Å². The van der Waals surface area contributed by atoms with Crippen molar-refractivity contribution >= 4 is 5.91 Å². The fourth-order valence-corrected chi connectivity index (χ4v) is 2.37. The average molecular weight is 263 g/mol. The normalized spacial score (nSPS) is 19.0. The van der Waals surface area contributed by atoms with Crippen molar-refractivity contribution in [3.8, 4) is 0 Å². The zero-order valence-electron chi connectivity index (χ0n) is 10.3. The van der Waals surface area contributed by atoms with Crippen molar-refractivity contribution < 1.29 is 9.32 Å². The first-order valence-electron chi connectivity index (χ1n) is 6.04. The van der Waals surface area contributed by atoms with Gasteiger partial charge in [0.05, 0.1) is 6.04 Å². The maximum absolute atomic E-state index is 12.3. The molecule has 1 fully saturated rings. The number of likely N-dealkylation sites (tertiary alicyclic amines) is 1. The van der Waals surface area contributed by atoms with Crippen LogP contribution in [0.5, 0.6) is 0 Å². The molecule has 8 nitrogen and oxygen atoms in total. The Labute approximate surface area is 107 Å². The van der Waals surface area contributed by atoms with Crippen LogP contribution in [0.2, 0.25) is 0 Å². The number of aromatic nitrogens is 4. The number of nitrogens with zero attached hydrogens (tertiary/aromatic N) is 3. The van der Waals surface area contributed by atoms with Crippen LogP contribution in [0.4, 0.5) is 0 Å². The Bertz CT molecular complexity index is 655. The van der Waals surface area contributed by atoms with Crippen molar-refractivity contribution in [3.05, 3.63) is 33.8 Å². The number of aryl methyl sites for hydroxylation is 1. The van der Waals surface area contributed by atoms with Gasteiger partial charge in [-0.3, -0.25) is 9.78 Å². The number of hydrogen-bond donors (Lipinski definition) is 2. The molecule has 1 aliphatic heterocycles. The van der Waals surface area contributed by atoms with E-state index in [1.165, 1.54) is 0 Å². The molecule has 0 saturated carbocycles. The highest BCUT2D eigenvalue weighted by Gasteiger charge is 2.33. The molecule has 2 aromatic rings. The minimum atomic E-state index is -0.489. The van der Waals surface area contributed by atoms with E-state index in [4.69, 9.17) is 4.52 Å². The summed E-state index contributed by atoms with van der Waals surface area (Å²) in [6.45, 7) is 2.42. The Balaban J connectivity index is 1.87. The topological polar surface area (TPSA) is 108 Å². The van der Waals surface area contributed by atoms with Crippen LogP contribution in [0.1, 0.15) is 41.0 Å². The standard InChI is InChI=1S/C11H13N5O3/c1-6-5-7(15-19-6)8-3-2-4-16(8)10(17)9-12-11(18)14-13-9/h5,8H,2-4H2,1H3,(H2,12,13,14,18). The highest BCUT2D eigenvalue weighted by Crippen LogP contribution is 2.32. The van der Waals surface area contributed by atoms with E-state index < -0.39 is 5.69 Å². The smallest absolute Gasteiger partial charge is 0.341 e. The Morgan fingerprint density at radius 1 is 1.58 bits per heavy atom. The number of H-pyrrole nitrogens is 2.